The number of morpholine rings is 1. The summed E-state index contributed by atoms with van der Waals surface area (Å²) in [6.45, 7) is 6.72. The van der Waals surface area contributed by atoms with Gasteiger partial charge in [0.15, 0.2) is 0 Å². The first-order chi connectivity index (χ1) is 8.86. The molecule has 4 nitrogen and oxygen atoms in total. The van der Waals surface area contributed by atoms with Gasteiger partial charge in [-0.3, -0.25) is 4.90 Å². The first-order valence-corrected chi connectivity index (χ1v) is 6.60. The van der Waals surface area contributed by atoms with E-state index in [9.17, 15) is 0 Å². The summed E-state index contributed by atoms with van der Waals surface area (Å²) in [5.74, 6) is 0.946. The van der Waals surface area contributed by atoms with Crippen molar-refractivity contribution < 1.29 is 9.47 Å². The van der Waals surface area contributed by atoms with Crippen molar-refractivity contribution in [1.29, 1.82) is 0 Å². The number of nitrogens with zero attached hydrogens (tertiary/aromatic N) is 1. The lowest BCUT2D eigenvalue weighted by atomic mass is 10.0. The Bertz CT molecular complexity index is 365. The second-order valence-corrected chi connectivity index (χ2v) is 4.37. The lowest BCUT2D eigenvalue weighted by molar-refractivity contribution is 0.0173. The zero-order valence-corrected chi connectivity index (χ0v) is 11.0. The maximum Gasteiger partial charge on any atom is 0.124 e. The van der Waals surface area contributed by atoms with Crippen LogP contribution in [-0.2, 0) is 4.74 Å². The average Bonchev–Trinajstić information content (AvgIpc) is 2.43. The third-order valence-electron chi connectivity index (χ3n) is 3.29. The van der Waals surface area contributed by atoms with Crippen LogP contribution < -0.4 is 10.5 Å². The molecule has 1 aromatic carbocycles. The van der Waals surface area contributed by atoms with Crippen molar-refractivity contribution in [3.05, 3.63) is 29.8 Å². The summed E-state index contributed by atoms with van der Waals surface area (Å²) in [5, 5.41) is 0. The summed E-state index contributed by atoms with van der Waals surface area (Å²) >= 11 is 0. The Labute approximate surface area is 109 Å². The van der Waals surface area contributed by atoms with Crippen molar-refractivity contribution in [2.75, 3.05) is 39.5 Å². The zero-order chi connectivity index (χ0) is 12.8. The Balaban J connectivity index is 2.20. The molecule has 1 aromatic rings. The molecule has 1 heterocycles. The Morgan fingerprint density at radius 1 is 1.33 bits per heavy atom. The minimum Gasteiger partial charge on any atom is -0.494 e. The molecule has 1 aliphatic heterocycles. The molecule has 1 saturated heterocycles. The highest BCUT2D eigenvalue weighted by Gasteiger charge is 2.23. The first-order valence-electron chi connectivity index (χ1n) is 6.60. The van der Waals surface area contributed by atoms with Crippen LogP contribution in [-0.4, -0.2) is 44.4 Å². The van der Waals surface area contributed by atoms with E-state index in [-0.39, 0.29) is 6.04 Å². The fraction of sp³-hybridized carbons (Fsp3) is 0.571. The van der Waals surface area contributed by atoms with E-state index in [0.717, 1.165) is 32.1 Å². The van der Waals surface area contributed by atoms with Gasteiger partial charge in [-0.1, -0.05) is 18.2 Å². The molecule has 1 fully saturated rings. The molecule has 100 valence electrons. The largest absolute Gasteiger partial charge is 0.494 e. The number of hydrogen-bond donors (Lipinski definition) is 1. The molecule has 0 radical (unpaired) electrons. The molecule has 1 atom stereocenters. The van der Waals surface area contributed by atoms with Crippen molar-refractivity contribution in [3.63, 3.8) is 0 Å². The van der Waals surface area contributed by atoms with Gasteiger partial charge in [-0.15, -0.1) is 0 Å². The van der Waals surface area contributed by atoms with Crippen molar-refractivity contribution in [3.8, 4) is 5.75 Å². The van der Waals surface area contributed by atoms with Crippen LogP contribution in [0, 0.1) is 0 Å². The molecule has 0 saturated carbocycles. The van der Waals surface area contributed by atoms with E-state index in [0.29, 0.717) is 13.2 Å². The van der Waals surface area contributed by atoms with Crippen LogP contribution in [0.2, 0.25) is 0 Å². The predicted octanol–water partition coefficient (Wildman–Crippen LogP) is 1.42. The number of nitrogens with two attached hydrogens (primary N) is 1. The van der Waals surface area contributed by atoms with Crippen LogP contribution in [0.5, 0.6) is 5.75 Å². The highest BCUT2D eigenvalue weighted by molar-refractivity contribution is 5.36. The zero-order valence-electron chi connectivity index (χ0n) is 11.0. The number of rotatable bonds is 5. The van der Waals surface area contributed by atoms with E-state index in [4.69, 9.17) is 15.2 Å². The van der Waals surface area contributed by atoms with Gasteiger partial charge in [-0.05, 0) is 13.0 Å². The number of benzene rings is 1. The van der Waals surface area contributed by atoms with Crippen molar-refractivity contribution in [1.82, 2.24) is 4.90 Å². The van der Waals surface area contributed by atoms with Gasteiger partial charge in [-0.2, -0.15) is 0 Å². The third kappa shape index (κ3) is 3.02. The Kier molecular flexibility index (Phi) is 4.99. The minimum atomic E-state index is 0.219. The normalized spacial score (nSPS) is 18.6. The maximum absolute atomic E-state index is 5.96. The van der Waals surface area contributed by atoms with Gasteiger partial charge < -0.3 is 15.2 Å². The SMILES string of the molecule is CCOc1ccccc1[C@H](CN)N1CCOCC1. The van der Waals surface area contributed by atoms with E-state index in [1.165, 1.54) is 5.56 Å². The minimum absolute atomic E-state index is 0.219. The summed E-state index contributed by atoms with van der Waals surface area (Å²) in [6, 6.07) is 8.39. The summed E-state index contributed by atoms with van der Waals surface area (Å²) in [4.78, 5) is 2.38. The maximum atomic E-state index is 5.96. The topological polar surface area (TPSA) is 47.7 Å². The van der Waals surface area contributed by atoms with Crippen molar-refractivity contribution >= 4 is 0 Å². The van der Waals surface area contributed by atoms with Gasteiger partial charge in [-0.25, -0.2) is 0 Å². The van der Waals surface area contributed by atoms with E-state index in [1.807, 2.05) is 25.1 Å². The Morgan fingerprint density at radius 3 is 2.72 bits per heavy atom. The second kappa shape index (κ2) is 6.73. The predicted molar refractivity (Wildman–Crippen MR) is 71.8 cm³/mol. The Hall–Kier alpha value is -1.10. The molecule has 0 spiro atoms. The molecule has 0 unspecified atom stereocenters. The molecule has 0 bridgehead atoms. The van der Waals surface area contributed by atoms with E-state index >= 15 is 0 Å². The van der Waals surface area contributed by atoms with E-state index < -0.39 is 0 Å². The monoisotopic (exact) mass is 250 g/mol. The van der Waals surface area contributed by atoms with Crippen LogP contribution in [0.3, 0.4) is 0 Å². The standard InChI is InChI=1S/C14H22N2O2/c1-2-18-14-6-4-3-5-12(14)13(11-15)16-7-9-17-10-8-16/h3-6,13H,2,7-11,15H2,1H3/t13-/m0/s1. The highest BCUT2D eigenvalue weighted by Crippen LogP contribution is 2.29. The molecule has 0 aromatic heterocycles. The van der Waals surface area contributed by atoms with Crippen LogP contribution in [0.15, 0.2) is 24.3 Å². The molecule has 1 aliphatic rings. The average molecular weight is 250 g/mol. The van der Waals surface area contributed by atoms with Gasteiger partial charge in [0.2, 0.25) is 0 Å². The first kappa shape index (κ1) is 13.3. The van der Waals surface area contributed by atoms with Crippen LogP contribution in [0.25, 0.3) is 0 Å². The Morgan fingerprint density at radius 2 is 2.06 bits per heavy atom. The molecule has 4 heteroatoms. The molecule has 2 rings (SSSR count). The lowest BCUT2D eigenvalue weighted by Gasteiger charge is -2.34. The fourth-order valence-electron chi connectivity index (χ4n) is 2.40. The van der Waals surface area contributed by atoms with Crippen LogP contribution >= 0.6 is 0 Å². The van der Waals surface area contributed by atoms with E-state index in [1.54, 1.807) is 0 Å². The van der Waals surface area contributed by atoms with Gasteiger partial charge in [0.25, 0.3) is 0 Å². The molecular formula is C14H22N2O2. The lowest BCUT2D eigenvalue weighted by Crippen LogP contribution is -2.41. The number of para-hydroxylation sites is 1. The van der Waals surface area contributed by atoms with Gasteiger partial charge in [0.05, 0.1) is 25.9 Å². The number of ether oxygens (including phenoxy) is 2. The molecule has 0 aliphatic carbocycles. The quantitative estimate of drug-likeness (QED) is 0.858. The van der Waals surface area contributed by atoms with Gasteiger partial charge >= 0.3 is 0 Å². The van der Waals surface area contributed by atoms with Gasteiger partial charge in [0, 0.05) is 25.2 Å². The summed E-state index contributed by atoms with van der Waals surface area (Å²) in [5.41, 5.74) is 7.15. The summed E-state index contributed by atoms with van der Waals surface area (Å²) in [7, 11) is 0. The third-order valence-corrected chi connectivity index (χ3v) is 3.29. The fourth-order valence-corrected chi connectivity index (χ4v) is 2.40. The number of hydrogen-bond acceptors (Lipinski definition) is 4. The van der Waals surface area contributed by atoms with E-state index in [2.05, 4.69) is 11.0 Å². The molecular weight excluding hydrogens is 228 g/mol. The molecule has 18 heavy (non-hydrogen) atoms. The van der Waals surface area contributed by atoms with Crippen molar-refractivity contribution in [2.24, 2.45) is 5.73 Å². The molecule has 0 amide bonds. The van der Waals surface area contributed by atoms with Crippen molar-refractivity contribution in [2.45, 2.75) is 13.0 Å². The van der Waals surface area contributed by atoms with Crippen LogP contribution in [0.4, 0.5) is 0 Å². The second-order valence-electron chi connectivity index (χ2n) is 4.37. The molecule has 2 N–H and O–H groups in total. The van der Waals surface area contributed by atoms with Gasteiger partial charge in [0.1, 0.15) is 5.75 Å². The van der Waals surface area contributed by atoms with Crippen LogP contribution in [0.1, 0.15) is 18.5 Å². The highest BCUT2D eigenvalue weighted by atomic mass is 16.5. The summed E-state index contributed by atoms with van der Waals surface area (Å²) in [6.07, 6.45) is 0. The summed E-state index contributed by atoms with van der Waals surface area (Å²) < 4.78 is 11.1. The smallest absolute Gasteiger partial charge is 0.124 e.